The van der Waals surface area contributed by atoms with Crippen molar-refractivity contribution in [1.82, 2.24) is 15.5 Å². The van der Waals surface area contributed by atoms with Gasteiger partial charge in [0.1, 0.15) is 0 Å². The Bertz CT molecular complexity index is 379. The van der Waals surface area contributed by atoms with Crippen LogP contribution in [0.15, 0.2) is 4.52 Å². The lowest BCUT2D eigenvalue weighted by Gasteiger charge is -2.20. The molecular formula is C12H19N3O2. The number of piperidine rings is 1. The standard InChI is InChI=1S/C12H19N3O2/c1-12(5-7-16-8-12)11-14-10(15-17-11)9-4-2-3-6-13-9/h9,13H,2-8H2,1H3. The lowest BCUT2D eigenvalue weighted by Crippen LogP contribution is -2.28. The molecule has 2 saturated heterocycles. The van der Waals surface area contributed by atoms with Crippen LogP contribution in [0, 0.1) is 0 Å². The maximum Gasteiger partial charge on any atom is 0.235 e. The summed E-state index contributed by atoms with van der Waals surface area (Å²) in [5.41, 5.74) is -0.0834. The van der Waals surface area contributed by atoms with E-state index >= 15 is 0 Å². The van der Waals surface area contributed by atoms with E-state index in [9.17, 15) is 0 Å². The lowest BCUT2D eigenvalue weighted by molar-refractivity contribution is 0.169. The van der Waals surface area contributed by atoms with E-state index in [0.717, 1.165) is 37.7 Å². The maximum absolute atomic E-state index is 5.43. The topological polar surface area (TPSA) is 60.2 Å². The van der Waals surface area contributed by atoms with E-state index in [1.54, 1.807) is 0 Å². The largest absolute Gasteiger partial charge is 0.380 e. The van der Waals surface area contributed by atoms with Crippen molar-refractivity contribution in [3.05, 3.63) is 11.7 Å². The quantitative estimate of drug-likeness (QED) is 0.846. The van der Waals surface area contributed by atoms with Crippen LogP contribution in [0.4, 0.5) is 0 Å². The minimum Gasteiger partial charge on any atom is -0.380 e. The van der Waals surface area contributed by atoms with E-state index in [-0.39, 0.29) is 11.5 Å². The third-order valence-corrected chi connectivity index (χ3v) is 3.80. The van der Waals surface area contributed by atoms with Gasteiger partial charge in [0.25, 0.3) is 0 Å². The normalized spacial score (nSPS) is 34.1. The zero-order valence-corrected chi connectivity index (χ0v) is 10.2. The van der Waals surface area contributed by atoms with Gasteiger partial charge in [0, 0.05) is 6.61 Å². The van der Waals surface area contributed by atoms with Gasteiger partial charge in [0.15, 0.2) is 5.82 Å². The van der Waals surface area contributed by atoms with E-state index in [4.69, 9.17) is 9.26 Å². The third kappa shape index (κ3) is 2.09. The van der Waals surface area contributed by atoms with Crippen molar-refractivity contribution in [2.24, 2.45) is 0 Å². The number of hydrogen-bond acceptors (Lipinski definition) is 5. The smallest absolute Gasteiger partial charge is 0.235 e. The van der Waals surface area contributed by atoms with E-state index in [1.165, 1.54) is 12.8 Å². The zero-order chi connectivity index (χ0) is 11.7. The second-order valence-electron chi connectivity index (χ2n) is 5.32. The highest BCUT2D eigenvalue weighted by Crippen LogP contribution is 2.32. The molecule has 0 aromatic carbocycles. The van der Waals surface area contributed by atoms with Gasteiger partial charge in [0.2, 0.25) is 5.89 Å². The van der Waals surface area contributed by atoms with Gasteiger partial charge >= 0.3 is 0 Å². The third-order valence-electron chi connectivity index (χ3n) is 3.80. The summed E-state index contributed by atoms with van der Waals surface area (Å²) in [6, 6.07) is 0.271. The van der Waals surface area contributed by atoms with Crippen molar-refractivity contribution in [3.8, 4) is 0 Å². The summed E-state index contributed by atoms with van der Waals surface area (Å²) < 4.78 is 10.8. The molecule has 3 rings (SSSR count). The lowest BCUT2D eigenvalue weighted by atomic mass is 9.90. The van der Waals surface area contributed by atoms with Crippen molar-refractivity contribution in [1.29, 1.82) is 0 Å². The van der Waals surface area contributed by atoms with Crippen LogP contribution < -0.4 is 5.32 Å². The Kier molecular flexibility index (Phi) is 2.88. The van der Waals surface area contributed by atoms with Crippen molar-refractivity contribution in [2.45, 2.75) is 44.1 Å². The molecule has 2 aliphatic rings. The monoisotopic (exact) mass is 237 g/mol. The van der Waals surface area contributed by atoms with Gasteiger partial charge in [-0.05, 0) is 32.7 Å². The van der Waals surface area contributed by atoms with Gasteiger partial charge in [0.05, 0.1) is 18.1 Å². The average molecular weight is 237 g/mol. The molecule has 0 saturated carbocycles. The highest BCUT2D eigenvalue weighted by molar-refractivity contribution is 5.07. The van der Waals surface area contributed by atoms with Crippen LogP contribution in [-0.2, 0) is 10.2 Å². The van der Waals surface area contributed by atoms with Crippen LogP contribution in [0.5, 0.6) is 0 Å². The fourth-order valence-electron chi connectivity index (χ4n) is 2.53. The van der Waals surface area contributed by atoms with Gasteiger partial charge in [-0.25, -0.2) is 0 Å². The van der Waals surface area contributed by atoms with Crippen molar-refractivity contribution < 1.29 is 9.26 Å². The van der Waals surface area contributed by atoms with Gasteiger partial charge in [-0.3, -0.25) is 0 Å². The molecule has 94 valence electrons. The van der Waals surface area contributed by atoms with E-state index in [1.807, 2.05) is 0 Å². The Morgan fingerprint density at radius 3 is 3.06 bits per heavy atom. The van der Waals surface area contributed by atoms with Crippen LogP contribution >= 0.6 is 0 Å². The van der Waals surface area contributed by atoms with Gasteiger partial charge < -0.3 is 14.6 Å². The van der Waals surface area contributed by atoms with Gasteiger partial charge in [-0.1, -0.05) is 11.6 Å². The molecule has 0 spiro atoms. The SMILES string of the molecule is CC1(c2nc(C3CCCCN3)no2)CCOC1. The summed E-state index contributed by atoms with van der Waals surface area (Å²) in [5.74, 6) is 1.55. The van der Waals surface area contributed by atoms with Crippen LogP contribution in [0.2, 0.25) is 0 Å². The number of ether oxygens (including phenoxy) is 1. The van der Waals surface area contributed by atoms with Crippen LogP contribution in [-0.4, -0.2) is 29.9 Å². The molecule has 0 bridgehead atoms. The van der Waals surface area contributed by atoms with Crippen LogP contribution in [0.3, 0.4) is 0 Å². The number of nitrogens with one attached hydrogen (secondary N) is 1. The molecule has 5 nitrogen and oxygen atoms in total. The Balaban J connectivity index is 1.77. The first-order valence-electron chi connectivity index (χ1n) is 6.43. The molecule has 17 heavy (non-hydrogen) atoms. The Hall–Kier alpha value is -0.940. The van der Waals surface area contributed by atoms with E-state index in [2.05, 4.69) is 22.4 Å². The number of rotatable bonds is 2. The predicted octanol–water partition coefficient (Wildman–Crippen LogP) is 1.56. The Labute approximate surface area is 101 Å². The summed E-state index contributed by atoms with van der Waals surface area (Å²) in [4.78, 5) is 4.57. The highest BCUT2D eigenvalue weighted by atomic mass is 16.5. The molecule has 1 aromatic rings. The molecule has 5 heteroatoms. The van der Waals surface area contributed by atoms with E-state index < -0.39 is 0 Å². The Morgan fingerprint density at radius 2 is 2.35 bits per heavy atom. The highest BCUT2D eigenvalue weighted by Gasteiger charge is 2.37. The second-order valence-corrected chi connectivity index (χ2v) is 5.32. The molecule has 1 aromatic heterocycles. The average Bonchev–Trinajstić information content (AvgIpc) is 2.99. The van der Waals surface area contributed by atoms with Crippen LogP contribution in [0.25, 0.3) is 0 Å². The van der Waals surface area contributed by atoms with E-state index in [0.29, 0.717) is 6.61 Å². The minimum absolute atomic E-state index is 0.0834. The van der Waals surface area contributed by atoms with Crippen LogP contribution in [0.1, 0.15) is 50.4 Å². The molecular weight excluding hydrogens is 218 g/mol. The predicted molar refractivity (Wildman–Crippen MR) is 61.7 cm³/mol. The van der Waals surface area contributed by atoms with Crippen molar-refractivity contribution >= 4 is 0 Å². The summed E-state index contributed by atoms with van der Waals surface area (Å²) >= 11 is 0. The molecule has 1 N–H and O–H groups in total. The van der Waals surface area contributed by atoms with Gasteiger partial charge in [-0.15, -0.1) is 0 Å². The molecule has 0 aliphatic carbocycles. The maximum atomic E-state index is 5.43. The molecule has 0 radical (unpaired) electrons. The molecule has 2 atom stereocenters. The summed E-state index contributed by atoms with van der Waals surface area (Å²) in [5, 5.41) is 7.56. The molecule has 3 heterocycles. The number of nitrogens with zero attached hydrogens (tertiary/aromatic N) is 2. The summed E-state index contributed by atoms with van der Waals surface area (Å²) in [6.45, 7) is 4.66. The number of hydrogen-bond donors (Lipinski definition) is 1. The van der Waals surface area contributed by atoms with Gasteiger partial charge in [-0.2, -0.15) is 4.98 Å². The second kappa shape index (κ2) is 4.38. The fraction of sp³-hybridized carbons (Fsp3) is 0.833. The molecule has 2 aliphatic heterocycles. The number of aromatic nitrogens is 2. The first-order valence-corrected chi connectivity index (χ1v) is 6.43. The van der Waals surface area contributed by atoms with Crippen molar-refractivity contribution in [3.63, 3.8) is 0 Å². The fourth-order valence-corrected chi connectivity index (χ4v) is 2.53. The zero-order valence-electron chi connectivity index (χ0n) is 10.2. The minimum atomic E-state index is -0.0834. The summed E-state index contributed by atoms with van der Waals surface area (Å²) in [6.07, 6.45) is 4.55. The summed E-state index contributed by atoms with van der Waals surface area (Å²) in [7, 11) is 0. The molecule has 2 unspecified atom stereocenters. The van der Waals surface area contributed by atoms with Crippen molar-refractivity contribution in [2.75, 3.05) is 19.8 Å². The first-order chi connectivity index (χ1) is 8.28. The molecule has 2 fully saturated rings. The Morgan fingerprint density at radius 1 is 1.41 bits per heavy atom. The first kappa shape index (κ1) is 11.2. The molecule has 0 amide bonds.